The third-order valence-corrected chi connectivity index (χ3v) is 4.58. The van der Waals surface area contributed by atoms with Crippen molar-refractivity contribution >= 4 is 0 Å². The van der Waals surface area contributed by atoms with Gasteiger partial charge in [-0.3, -0.25) is 4.90 Å². The van der Waals surface area contributed by atoms with E-state index < -0.39 is 0 Å². The first-order chi connectivity index (χ1) is 9.22. The van der Waals surface area contributed by atoms with Crippen LogP contribution in [0.25, 0.3) is 0 Å². The Kier molecular flexibility index (Phi) is 3.94. The molecule has 3 rings (SSSR count). The molecule has 0 amide bonds. The van der Waals surface area contributed by atoms with Crippen LogP contribution in [0.15, 0.2) is 10.5 Å². The molecule has 1 aromatic heterocycles. The summed E-state index contributed by atoms with van der Waals surface area (Å²) in [6, 6.07) is 3.77. The third kappa shape index (κ3) is 3.40. The third-order valence-electron chi connectivity index (χ3n) is 4.58. The highest BCUT2D eigenvalue weighted by molar-refractivity contribution is 5.21. The molecule has 1 N–H and O–H groups in total. The average Bonchev–Trinajstić information content (AvgIpc) is 2.92. The molecule has 0 aromatic carbocycles. The zero-order valence-electron chi connectivity index (χ0n) is 12.2. The van der Waals surface area contributed by atoms with Gasteiger partial charge >= 0.3 is 0 Å². The smallest absolute Gasteiger partial charge is 0.118 e. The van der Waals surface area contributed by atoms with E-state index in [4.69, 9.17) is 4.42 Å². The lowest BCUT2D eigenvalue weighted by molar-refractivity contribution is 0.236. The maximum Gasteiger partial charge on any atom is 0.118 e. The maximum atomic E-state index is 5.87. The zero-order chi connectivity index (χ0) is 13.2. The summed E-state index contributed by atoms with van der Waals surface area (Å²) in [6.45, 7) is 4.01. The first-order valence-corrected chi connectivity index (χ1v) is 7.74. The molecule has 0 atom stereocenters. The fourth-order valence-electron chi connectivity index (χ4n) is 3.11. The van der Waals surface area contributed by atoms with E-state index in [9.17, 15) is 0 Å². The van der Waals surface area contributed by atoms with Gasteiger partial charge in [-0.1, -0.05) is 12.8 Å². The molecule has 19 heavy (non-hydrogen) atoms. The molecule has 0 spiro atoms. The minimum atomic E-state index is 0.745. The molecule has 0 radical (unpaired) electrons. The highest BCUT2D eigenvalue weighted by Crippen LogP contribution is 2.25. The van der Waals surface area contributed by atoms with E-state index in [0.29, 0.717) is 0 Å². The number of hydrogen-bond donors (Lipinski definition) is 1. The van der Waals surface area contributed by atoms with Gasteiger partial charge in [-0.2, -0.15) is 0 Å². The van der Waals surface area contributed by atoms with E-state index in [-0.39, 0.29) is 0 Å². The van der Waals surface area contributed by atoms with E-state index in [1.54, 1.807) is 0 Å². The molecule has 0 bridgehead atoms. The van der Waals surface area contributed by atoms with E-state index in [0.717, 1.165) is 36.7 Å². The average molecular weight is 262 g/mol. The van der Waals surface area contributed by atoms with Crippen LogP contribution in [-0.2, 0) is 13.1 Å². The number of rotatable bonds is 6. The summed E-state index contributed by atoms with van der Waals surface area (Å²) in [5.74, 6) is 2.19. The van der Waals surface area contributed by atoms with Crippen LogP contribution in [0.4, 0.5) is 0 Å². The van der Waals surface area contributed by atoms with Crippen LogP contribution in [0.3, 0.4) is 0 Å². The predicted octanol–water partition coefficient (Wildman–Crippen LogP) is 3.21. The lowest BCUT2D eigenvalue weighted by Gasteiger charge is -2.23. The number of furan rings is 1. The molecule has 0 saturated heterocycles. The van der Waals surface area contributed by atoms with Crippen molar-refractivity contribution in [2.75, 3.05) is 7.05 Å². The van der Waals surface area contributed by atoms with Crippen molar-refractivity contribution < 1.29 is 4.42 Å². The minimum Gasteiger partial charge on any atom is -0.465 e. The van der Waals surface area contributed by atoms with Gasteiger partial charge in [0.2, 0.25) is 0 Å². The van der Waals surface area contributed by atoms with E-state index in [1.165, 1.54) is 44.1 Å². The lowest BCUT2D eigenvalue weighted by atomic mass is 10.1. The molecule has 106 valence electrons. The molecule has 1 aromatic rings. The van der Waals surface area contributed by atoms with Crippen molar-refractivity contribution in [3.05, 3.63) is 23.2 Å². The summed E-state index contributed by atoms with van der Waals surface area (Å²) in [5, 5.41) is 3.51. The molecule has 0 unspecified atom stereocenters. The van der Waals surface area contributed by atoms with Crippen LogP contribution < -0.4 is 5.32 Å². The zero-order valence-corrected chi connectivity index (χ0v) is 12.2. The van der Waals surface area contributed by atoms with E-state index >= 15 is 0 Å². The van der Waals surface area contributed by atoms with Gasteiger partial charge in [-0.05, 0) is 45.7 Å². The standard InChI is InChI=1S/C16H26N2O/c1-12-13(11-18(2)15-5-3-4-6-15)9-16(19-12)10-17-14-7-8-14/h9,14-15,17H,3-8,10-11H2,1-2H3. The predicted molar refractivity (Wildman–Crippen MR) is 77.0 cm³/mol. The normalized spacial score (nSPS) is 20.6. The molecule has 3 nitrogen and oxygen atoms in total. The Morgan fingerprint density at radius 2 is 2.00 bits per heavy atom. The summed E-state index contributed by atoms with van der Waals surface area (Å²) < 4.78 is 5.87. The molecular formula is C16H26N2O. The number of nitrogens with zero attached hydrogens (tertiary/aromatic N) is 1. The van der Waals surface area contributed by atoms with Gasteiger partial charge in [0.1, 0.15) is 11.5 Å². The topological polar surface area (TPSA) is 28.4 Å². The lowest BCUT2D eigenvalue weighted by Crippen LogP contribution is -2.28. The summed E-state index contributed by atoms with van der Waals surface area (Å²) in [7, 11) is 2.25. The minimum absolute atomic E-state index is 0.745. The molecule has 2 aliphatic carbocycles. The Hall–Kier alpha value is -0.800. The number of aryl methyl sites for hydroxylation is 1. The Bertz CT molecular complexity index is 416. The second-order valence-corrected chi connectivity index (χ2v) is 6.30. The van der Waals surface area contributed by atoms with Gasteiger partial charge in [0.25, 0.3) is 0 Å². The van der Waals surface area contributed by atoms with Crippen molar-refractivity contribution in [2.24, 2.45) is 0 Å². The van der Waals surface area contributed by atoms with Crippen LogP contribution in [0.2, 0.25) is 0 Å². The molecule has 2 saturated carbocycles. The van der Waals surface area contributed by atoms with Crippen molar-refractivity contribution in [3.63, 3.8) is 0 Å². The first kappa shape index (κ1) is 13.2. The van der Waals surface area contributed by atoms with Gasteiger partial charge in [0.15, 0.2) is 0 Å². The van der Waals surface area contributed by atoms with E-state index in [1.807, 2.05) is 0 Å². The largest absolute Gasteiger partial charge is 0.465 e. The van der Waals surface area contributed by atoms with Crippen molar-refractivity contribution in [2.45, 2.75) is 70.6 Å². The molecule has 2 aliphatic rings. The molecular weight excluding hydrogens is 236 g/mol. The molecule has 1 heterocycles. The quantitative estimate of drug-likeness (QED) is 0.853. The van der Waals surface area contributed by atoms with Gasteiger partial charge in [-0.15, -0.1) is 0 Å². The Labute approximate surface area is 116 Å². The second kappa shape index (κ2) is 5.68. The Balaban J connectivity index is 1.56. The second-order valence-electron chi connectivity index (χ2n) is 6.30. The maximum absolute atomic E-state index is 5.87. The Morgan fingerprint density at radius 1 is 1.26 bits per heavy atom. The fraction of sp³-hybridized carbons (Fsp3) is 0.750. The monoisotopic (exact) mass is 262 g/mol. The summed E-state index contributed by atoms with van der Waals surface area (Å²) in [5.41, 5.74) is 1.36. The first-order valence-electron chi connectivity index (χ1n) is 7.74. The summed E-state index contributed by atoms with van der Waals surface area (Å²) in [6.07, 6.45) is 8.19. The van der Waals surface area contributed by atoms with Crippen LogP contribution >= 0.6 is 0 Å². The van der Waals surface area contributed by atoms with Crippen molar-refractivity contribution in [3.8, 4) is 0 Å². The molecule has 2 fully saturated rings. The van der Waals surface area contributed by atoms with Gasteiger partial charge in [0.05, 0.1) is 6.54 Å². The van der Waals surface area contributed by atoms with Gasteiger partial charge < -0.3 is 9.73 Å². The highest BCUT2D eigenvalue weighted by atomic mass is 16.3. The van der Waals surface area contributed by atoms with Gasteiger partial charge in [-0.25, -0.2) is 0 Å². The van der Waals surface area contributed by atoms with Crippen LogP contribution in [0.5, 0.6) is 0 Å². The van der Waals surface area contributed by atoms with Crippen molar-refractivity contribution in [1.82, 2.24) is 10.2 Å². The van der Waals surface area contributed by atoms with Gasteiger partial charge in [0, 0.05) is 24.2 Å². The molecule has 0 aliphatic heterocycles. The molecule has 3 heteroatoms. The van der Waals surface area contributed by atoms with Crippen LogP contribution in [0.1, 0.15) is 55.6 Å². The highest BCUT2D eigenvalue weighted by Gasteiger charge is 2.22. The van der Waals surface area contributed by atoms with Crippen molar-refractivity contribution in [1.29, 1.82) is 0 Å². The summed E-state index contributed by atoms with van der Waals surface area (Å²) in [4.78, 5) is 2.50. The van der Waals surface area contributed by atoms with E-state index in [2.05, 4.69) is 30.3 Å². The van der Waals surface area contributed by atoms with Crippen LogP contribution in [0, 0.1) is 6.92 Å². The SMILES string of the molecule is Cc1oc(CNC2CC2)cc1CN(C)C1CCCC1. The van der Waals surface area contributed by atoms with Crippen LogP contribution in [-0.4, -0.2) is 24.0 Å². The Morgan fingerprint density at radius 3 is 2.68 bits per heavy atom. The number of hydrogen-bond acceptors (Lipinski definition) is 3. The summed E-state index contributed by atoms with van der Waals surface area (Å²) >= 11 is 0. The number of nitrogens with one attached hydrogen (secondary N) is 1. The fourth-order valence-corrected chi connectivity index (χ4v) is 3.11.